The number of hydrogen-bond acceptors (Lipinski definition) is 2. The Morgan fingerprint density at radius 3 is 2.79 bits per heavy atom. The summed E-state index contributed by atoms with van der Waals surface area (Å²) < 4.78 is 1.05. The van der Waals surface area contributed by atoms with Crippen LogP contribution in [0, 0.1) is 10.5 Å². The Morgan fingerprint density at radius 2 is 2.11 bits per heavy atom. The Labute approximate surface area is 128 Å². The minimum Gasteiger partial charge on any atom is -0.350 e. The lowest BCUT2D eigenvalue weighted by Gasteiger charge is -2.24. The van der Waals surface area contributed by atoms with Gasteiger partial charge in [0.15, 0.2) is 0 Å². The summed E-state index contributed by atoms with van der Waals surface area (Å²) in [6, 6.07) is 6.29. The zero-order chi connectivity index (χ0) is 13.8. The van der Waals surface area contributed by atoms with Gasteiger partial charge >= 0.3 is 0 Å². The number of hydrogen-bond donors (Lipinski definition) is 1. The monoisotopic (exact) mass is 372 g/mol. The molecule has 1 saturated heterocycles. The highest BCUT2D eigenvalue weighted by molar-refractivity contribution is 14.1. The number of halogens is 1. The molecule has 1 aromatic carbocycles. The molecule has 0 radical (unpaired) electrons. The standard InChI is InChI=1S/C15H21IN2O/c1-11-6-5-7-13(14(11)16)15(19)17-10-12(2)18-8-3-4-9-18/h5-7,12H,3-4,8-10H2,1-2H3,(H,17,19)/t12-/m1/s1. The van der Waals surface area contributed by atoms with Crippen LogP contribution in [0.3, 0.4) is 0 Å². The summed E-state index contributed by atoms with van der Waals surface area (Å²) >= 11 is 2.24. The van der Waals surface area contributed by atoms with Crippen molar-refractivity contribution in [3.8, 4) is 0 Å². The van der Waals surface area contributed by atoms with E-state index in [9.17, 15) is 4.79 Å². The summed E-state index contributed by atoms with van der Waals surface area (Å²) in [4.78, 5) is 14.6. The average Bonchev–Trinajstić information content (AvgIpc) is 2.93. The van der Waals surface area contributed by atoms with Gasteiger partial charge in [-0.05, 0) is 74.0 Å². The second-order valence-corrected chi connectivity index (χ2v) is 6.32. The zero-order valence-corrected chi connectivity index (χ0v) is 13.7. The largest absolute Gasteiger partial charge is 0.350 e. The predicted molar refractivity (Wildman–Crippen MR) is 86.5 cm³/mol. The van der Waals surface area contributed by atoms with Gasteiger partial charge < -0.3 is 5.32 Å². The van der Waals surface area contributed by atoms with E-state index < -0.39 is 0 Å². The Balaban J connectivity index is 1.92. The van der Waals surface area contributed by atoms with Crippen LogP contribution in [-0.2, 0) is 0 Å². The van der Waals surface area contributed by atoms with Crippen molar-refractivity contribution in [2.24, 2.45) is 0 Å². The Kier molecular flexibility index (Phi) is 5.21. The molecule has 0 aliphatic carbocycles. The third kappa shape index (κ3) is 3.69. The summed E-state index contributed by atoms with van der Waals surface area (Å²) in [5.74, 6) is 0.0409. The molecule has 0 bridgehead atoms. The molecule has 3 nitrogen and oxygen atoms in total. The first-order chi connectivity index (χ1) is 9.09. The van der Waals surface area contributed by atoms with Crippen molar-refractivity contribution in [2.45, 2.75) is 32.7 Å². The Hall–Kier alpha value is -0.620. The second kappa shape index (κ2) is 6.70. The number of amides is 1. The van der Waals surface area contributed by atoms with Crippen LogP contribution in [-0.4, -0.2) is 36.5 Å². The van der Waals surface area contributed by atoms with Crippen LogP contribution in [0.25, 0.3) is 0 Å². The van der Waals surface area contributed by atoms with Gasteiger partial charge in [0.05, 0.1) is 5.56 Å². The highest BCUT2D eigenvalue weighted by Gasteiger charge is 2.19. The van der Waals surface area contributed by atoms with E-state index in [1.165, 1.54) is 25.9 Å². The third-order valence-electron chi connectivity index (χ3n) is 3.76. The van der Waals surface area contributed by atoms with Gasteiger partial charge in [-0.1, -0.05) is 12.1 Å². The number of likely N-dealkylation sites (tertiary alicyclic amines) is 1. The minimum atomic E-state index is 0.0409. The maximum absolute atomic E-state index is 12.2. The second-order valence-electron chi connectivity index (χ2n) is 5.24. The van der Waals surface area contributed by atoms with Crippen molar-refractivity contribution in [1.29, 1.82) is 0 Å². The van der Waals surface area contributed by atoms with Crippen LogP contribution in [0.1, 0.15) is 35.7 Å². The molecule has 1 aliphatic rings. The van der Waals surface area contributed by atoms with Gasteiger partial charge in [0, 0.05) is 16.2 Å². The van der Waals surface area contributed by atoms with Gasteiger partial charge in [0.25, 0.3) is 5.91 Å². The van der Waals surface area contributed by atoms with Gasteiger partial charge in [-0.15, -0.1) is 0 Å². The predicted octanol–water partition coefficient (Wildman–Crippen LogP) is 2.81. The smallest absolute Gasteiger partial charge is 0.252 e. The van der Waals surface area contributed by atoms with Gasteiger partial charge in [-0.3, -0.25) is 9.69 Å². The van der Waals surface area contributed by atoms with Crippen LogP contribution in [0.4, 0.5) is 0 Å². The van der Waals surface area contributed by atoms with Crippen molar-refractivity contribution >= 4 is 28.5 Å². The molecule has 1 fully saturated rings. The lowest BCUT2D eigenvalue weighted by molar-refractivity contribution is 0.0939. The molecule has 0 saturated carbocycles. The first kappa shape index (κ1) is 14.8. The van der Waals surface area contributed by atoms with Gasteiger partial charge in [-0.25, -0.2) is 0 Å². The highest BCUT2D eigenvalue weighted by atomic mass is 127. The number of nitrogens with one attached hydrogen (secondary N) is 1. The van der Waals surface area contributed by atoms with Crippen LogP contribution in [0.5, 0.6) is 0 Å². The fourth-order valence-corrected chi connectivity index (χ4v) is 3.07. The van der Waals surface area contributed by atoms with Gasteiger partial charge in [0.2, 0.25) is 0 Å². The summed E-state index contributed by atoms with van der Waals surface area (Å²) in [7, 11) is 0. The molecular weight excluding hydrogens is 351 g/mol. The van der Waals surface area contributed by atoms with E-state index >= 15 is 0 Å². The van der Waals surface area contributed by atoms with Crippen molar-refractivity contribution in [1.82, 2.24) is 10.2 Å². The van der Waals surface area contributed by atoms with Gasteiger partial charge in [0.1, 0.15) is 0 Å². The molecule has 1 aromatic rings. The number of benzene rings is 1. The summed E-state index contributed by atoms with van der Waals surface area (Å²) in [5, 5.41) is 3.06. The minimum absolute atomic E-state index is 0.0409. The molecule has 1 N–H and O–H groups in total. The van der Waals surface area contributed by atoms with Crippen LogP contribution < -0.4 is 5.32 Å². The lowest BCUT2D eigenvalue weighted by Crippen LogP contribution is -2.40. The average molecular weight is 372 g/mol. The number of aryl methyl sites for hydroxylation is 1. The lowest BCUT2D eigenvalue weighted by atomic mass is 10.1. The molecule has 0 spiro atoms. The SMILES string of the molecule is Cc1cccc(C(=O)NC[C@@H](C)N2CCCC2)c1I. The summed E-state index contributed by atoms with van der Waals surface area (Å²) in [5.41, 5.74) is 1.94. The quantitative estimate of drug-likeness (QED) is 0.825. The molecule has 1 amide bonds. The summed E-state index contributed by atoms with van der Waals surface area (Å²) in [6.07, 6.45) is 2.57. The number of carbonyl (C=O) groups is 1. The molecule has 19 heavy (non-hydrogen) atoms. The normalized spacial score (nSPS) is 17.4. The molecule has 1 aliphatic heterocycles. The van der Waals surface area contributed by atoms with Crippen LogP contribution in [0.2, 0.25) is 0 Å². The number of rotatable bonds is 4. The zero-order valence-electron chi connectivity index (χ0n) is 11.6. The molecule has 4 heteroatoms. The number of carbonyl (C=O) groups excluding carboxylic acids is 1. The van der Waals surface area contributed by atoms with E-state index in [2.05, 4.69) is 39.7 Å². The van der Waals surface area contributed by atoms with E-state index in [-0.39, 0.29) is 5.91 Å². The molecule has 1 atom stereocenters. The van der Waals surface area contributed by atoms with E-state index in [1.807, 2.05) is 25.1 Å². The van der Waals surface area contributed by atoms with Gasteiger partial charge in [-0.2, -0.15) is 0 Å². The van der Waals surface area contributed by atoms with E-state index in [4.69, 9.17) is 0 Å². The first-order valence-corrected chi connectivity index (χ1v) is 7.95. The van der Waals surface area contributed by atoms with E-state index in [1.54, 1.807) is 0 Å². The molecule has 1 heterocycles. The molecule has 2 rings (SSSR count). The fraction of sp³-hybridized carbons (Fsp3) is 0.533. The Morgan fingerprint density at radius 1 is 1.42 bits per heavy atom. The van der Waals surface area contributed by atoms with Crippen molar-refractivity contribution < 1.29 is 4.79 Å². The highest BCUT2D eigenvalue weighted by Crippen LogP contribution is 2.16. The molecule has 0 unspecified atom stereocenters. The fourth-order valence-electron chi connectivity index (χ4n) is 2.47. The number of nitrogens with zero attached hydrogens (tertiary/aromatic N) is 1. The van der Waals surface area contributed by atoms with E-state index in [0.29, 0.717) is 6.04 Å². The molecule has 0 aromatic heterocycles. The third-order valence-corrected chi connectivity index (χ3v) is 5.19. The molecular formula is C15H21IN2O. The maximum Gasteiger partial charge on any atom is 0.252 e. The first-order valence-electron chi connectivity index (χ1n) is 6.87. The van der Waals surface area contributed by atoms with Crippen molar-refractivity contribution in [3.05, 3.63) is 32.9 Å². The van der Waals surface area contributed by atoms with Crippen molar-refractivity contribution in [3.63, 3.8) is 0 Å². The van der Waals surface area contributed by atoms with E-state index in [0.717, 1.165) is 21.2 Å². The molecule has 104 valence electrons. The topological polar surface area (TPSA) is 32.3 Å². The maximum atomic E-state index is 12.2. The van der Waals surface area contributed by atoms with Crippen LogP contribution in [0.15, 0.2) is 18.2 Å². The summed E-state index contributed by atoms with van der Waals surface area (Å²) in [6.45, 7) is 7.28. The van der Waals surface area contributed by atoms with Crippen molar-refractivity contribution in [2.75, 3.05) is 19.6 Å². The van der Waals surface area contributed by atoms with Crippen LogP contribution >= 0.6 is 22.6 Å². The Bertz CT molecular complexity index is 455.